The molecule has 142 valence electrons. The third-order valence-corrected chi connectivity index (χ3v) is 3.87. The van der Waals surface area contributed by atoms with Crippen LogP contribution in [-0.2, 0) is 11.2 Å². The summed E-state index contributed by atoms with van der Waals surface area (Å²) >= 11 is 0. The number of ketones is 1. The Kier molecular flexibility index (Phi) is 6.90. The number of hydrogen-bond donors (Lipinski definition) is 3. The Labute approximate surface area is 156 Å². The normalized spacial score (nSPS) is 10.0. The van der Waals surface area contributed by atoms with Crippen LogP contribution in [0, 0.1) is 0 Å². The predicted octanol–water partition coefficient (Wildman–Crippen LogP) is 1.36. The molecule has 2 amide bonds. The average Bonchev–Trinajstić information content (AvgIpc) is 2.72. The molecule has 8 heteroatoms. The van der Waals surface area contributed by atoms with E-state index in [1.165, 1.54) is 26.4 Å². The van der Waals surface area contributed by atoms with Gasteiger partial charge in [-0.05, 0) is 42.3 Å². The van der Waals surface area contributed by atoms with Gasteiger partial charge >= 0.3 is 0 Å². The molecule has 0 fully saturated rings. The summed E-state index contributed by atoms with van der Waals surface area (Å²) in [6.45, 7) is 0.253. The Morgan fingerprint density at radius 2 is 1.56 bits per heavy atom. The molecule has 0 unspecified atom stereocenters. The smallest absolute Gasteiger partial charge is 0.292 e. The SMILES string of the molecule is COc1ccc(C(=O)C(=O)NCCc2ccc(C(=O)NO)cc2)cc1OC. The van der Waals surface area contributed by atoms with Crippen LogP contribution in [0.25, 0.3) is 0 Å². The number of benzene rings is 2. The number of Topliss-reactive ketones (excluding diaryl/α,β-unsaturated/α-hetero) is 1. The summed E-state index contributed by atoms with van der Waals surface area (Å²) in [4.78, 5) is 35.5. The van der Waals surface area contributed by atoms with Gasteiger partial charge < -0.3 is 14.8 Å². The molecule has 27 heavy (non-hydrogen) atoms. The second kappa shape index (κ2) is 9.35. The van der Waals surface area contributed by atoms with E-state index in [9.17, 15) is 14.4 Å². The molecular formula is C19H20N2O6. The molecular weight excluding hydrogens is 352 g/mol. The van der Waals surface area contributed by atoms with E-state index in [4.69, 9.17) is 14.7 Å². The van der Waals surface area contributed by atoms with Crippen LogP contribution in [0.15, 0.2) is 42.5 Å². The highest BCUT2D eigenvalue weighted by Crippen LogP contribution is 2.27. The molecule has 0 saturated carbocycles. The van der Waals surface area contributed by atoms with Gasteiger partial charge in [0, 0.05) is 17.7 Å². The first-order valence-corrected chi connectivity index (χ1v) is 8.08. The third kappa shape index (κ3) is 5.05. The number of carbonyl (C=O) groups excluding carboxylic acids is 3. The zero-order valence-corrected chi connectivity index (χ0v) is 14.9. The number of amides is 2. The topological polar surface area (TPSA) is 114 Å². The lowest BCUT2D eigenvalue weighted by atomic mass is 10.1. The van der Waals surface area contributed by atoms with Gasteiger partial charge in [-0.3, -0.25) is 19.6 Å². The molecule has 0 spiro atoms. The number of hydroxylamine groups is 1. The van der Waals surface area contributed by atoms with E-state index in [1.54, 1.807) is 35.8 Å². The van der Waals surface area contributed by atoms with E-state index >= 15 is 0 Å². The molecule has 3 N–H and O–H groups in total. The number of carbonyl (C=O) groups is 3. The highest BCUT2D eigenvalue weighted by molar-refractivity contribution is 6.42. The van der Waals surface area contributed by atoms with Crippen LogP contribution < -0.4 is 20.3 Å². The Morgan fingerprint density at radius 3 is 2.15 bits per heavy atom. The van der Waals surface area contributed by atoms with Gasteiger partial charge in [-0.15, -0.1) is 0 Å². The Balaban J connectivity index is 1.91. The largest absolute Gasteiger partial charge is 0.493 e. The van der Waals surface area contributed by atoms with Gasteiger partial charge in [0.05, 0.1) is 14.2 Å². The lowest BCUT2D eigenvalue weighted by molar-refractivity contribution is -0.116. The minimum Gasteiger partial charge on any atom is -0.493 e. The van der Waals surface area contributed by atoms with E-state index in [-0.39, 0.29) is 12.1 Å². The number of hydrogen-bond acceptors (Lipinski definition) is 6. The first-order valence-electron chi connectivity index (χ1n) is 8.08. The molecule has 2 aromatic rings. The summed E-state index contributed by atoms with van der Waals surface area (Å²) in [6, 6.07) is 11.0. The highest BCUT2D eigenvalue weighted by Gasteiger charge is 2.18. The number of methoxy groups -OCH3 is 2. The zero-order valence-electron chi connectivity index (χ0n) is 14.9. The molecule has 0 saturated heterocycles. The fourth-order valence-corrected chi connectivity index (χ4v) is 2.40. The van der Waals surface area contributed by atoms with Crippen molar-refractivity contribution in [1.29, 1.82) is 0 Å². The first kappa shape index (κ1) is 19.9. The number of nitrogens with one attached hydrogen (secondary N) is 2. The molecule has 0 radical (unpaired) electrons. The minimum absolute atomic E-state index is 0.199. The molecule has 2 aromatic carbocycles. The molecule has 8 nitrogen and oxygen atoms in total. The van der Waals surface area contributed by atoms with Crippen LogP contribution in [-0.4, -0.2) is 43.6 Å². The monoisotopic (exact) mass is 372 g/mol. The van der Waals surface area contributed by atoms with Gasteiger partial charge in [0.15, 0.2) is 11.5 Å². The summed E-state index contributed by atoms with van der Waals surface area (Å²) in [5.41, 5.74) is 2.93. The third-order valence-electron chi connectivity index (χ3n) is 3.87. The van der Waals surface area contributed by atoms with Crippen LogP contribution in [0.3, 0.4) is 0 Å². The summed E-state index contributed by atoms with van der Waals surface area (Å²) in [7, 11) is 2.93. The van der Waals surface area contributed by atoms with Gasteiger partial charge in [0.1, 0.15) is 0 Å². The van der Waals surface area contributed by atoms with Crippen molar-refractivity contribution < 1.29 is 29.1 Å². The standard InChI is InChI=1S/C19H20N2O6/c1-26-15-8-7-14(11-16(15)27-2)17(22)19(24)20-10-9-12-3-5-13(6-4-12)18(23)21-25/h3-8,11,25H,9-10H2,1-2H3,(H,20,24)(H,21,23). The summed E-state index contributed by atoms with van der Waals surface area (Å²) in [5.74, 6) is -1.17. The minimum atomic E-state index is -0.724. The fraction of sp³-hybridized carbons (Fsp3) is 0.211. The second-order valence-corrected chi connectivity index (χ2v) is 5.54. The fourth-order valence-electron chi connectivity index (χ4n) is 2.40. The summed E-state index contributed by atoms with van der Waals surface area (Å²) in [6.07, 6.45) is 0.478. The highest BCUT2D eigenvalue weighted by atomic mass is 16.5. The van der Waals surface area contributed by atoms with Crippen LogP contribution >= 0.6 is 0 Å². The molecule has 0 atom stereocenters. The maximum absolute atomic E-state index is 12.2. The Bertz CT molecular complexity index is 833. The maximum atomic E-state index is 12.2. The van der Waals surface area contributed by atoms with Gasteiger partial charge in [-0.1, -0.05) is 12.1 Å². The average molecular weight is 372 g/mol. The quantitative estimate of drug-likeness (QED) is 0.279. The van der Waals surface area contributed by atoms with Gasteiger partial charge in [-0.25, -0.2) is 5.48 Å². The van der Waals surface area contributed by atoms with Crippen molar-refractivity contribution in [3.63, 3.8) is 0 Å². The number of rotatable bonds is 8. The lowest BCUT2D eigenvalue weighted by Gasteiger charge is -2.09. The molecule has 0 bridgehead atoms. The summed E-state index contributed by atoms with van der Waals surface area (Å²) in [5, 5.41) is 11.1. The Morgan fingerprint density at radius 1 is 0.926 bits per heavy atom. The molecule has 0 aliphatic heterocycles. The van der Waals surface area contributed by atoms with Gasteiger partial charge in [0.2, 0.25) is 5.78 Å². The van der Waals surface area contributed by atoms with Crippen molar-refractivity contribution in [2.24, 2.45) is 0 Å². The lowest BCUT2D eigenvalue weighted by Crippen LogP contribution is -2.32. The first-order chi connectivity index (χ1) is 13.0. The van der Waals surface area contributed by atoms with Crippen molar-refractivity contribution in [3.05, 3.63) is 59.2 Å². The van der Waals surface area contributed by atoms with E-state index in [2.05, 4.69) is 5.32 Å². The molecule has 0 aromatic heterocycles. The maximum Gasteiger partial charge on any atom is 0.292 e. The van der Waals surface area contributed by atoms with Crippen molar-refractivity contribution in [2.75, 3.05) is 20.8 Å². The van der Waals surface area contributed by atoms with Crippen molar-refractivity contribution in [2.45, 2.75) is 6.42 Å². The summed E-state index contributed by atoms with van der Waals surface area (Å²) < 4.78 is 10.2. The van der Waals surface area contributed by atoms with Gasteiger partial charge in [-0.2, -0.15) is 0 Å². The molecule has 0 heterocycles. The van der Waals surface area contributed by atoms with E-state index in [0.717, 1.165) is 5.56 Å². The van der Waals surface area contributed by atoms with Crippen molar-refractivity contribution >= 4 is 17.6 Å². The van der Waals surface area contributed by atoms with E-state index < -0.39 is 17.6 Å². The zero-order chi connectivity index (χ0) is 19.8. The molecule has 0 aliphatic rings. The molecule has 0 aliphatic carbocycles. The van der Waals surface area contributed by atoms with E-state index in [0.29, 0.717) is 23.5 Å². The van der Waals surface area contributed by atoms with Gasteiger partial charge in [0.25, 0.3) is 11.8 Å². The van der Waals surface area contributed by atoms with Crippen molar-refractivity contribution in [3.8, 4) is 11.5 Å². The van der Waals surface area contributed by atoms with Crippen LogP contribution in [0.2, 0.25) is 0 Å². The Hall–Kier alpha value is -3.39. The van der Waals surface area contributed by atoms with Crippen LogP contribution in [0.1, 0.15) is 26.3 Å². The predicted molar refractivity (Wildman–Crippen MR) is 96.3 cm³/mol. The van der Waals surface area contributed by atoms with Crippen molar-refractivity contribution in [1.82, 2.24) is 10.8 Å². The van der Waals surface area contributed by atoms with Crippen LogP contribution in [0.4, 0.5) is 0 Å². The van der Waals surface area contributed by atoms with Crippen LogP contribution in [0.5, 0.6) is 11.5 Å². The van der Waals surface area contributed by atoms with E-state index in [1.807, 2.05) is 0 Å². The molecule has 2 rings (SSSR count). The number of ether oxygens (including phenoxy) is 2. The second-order valence-electron chi connectivity index (χ2n) is 5.54.